The van der Waals surface area contributed by atoms with Gasteiger partial charge < -0.3 is 9.30 Å². The highest BCUT2D eigenvalue weighted by atomic mass is 16.5. The van der Waals surface area contributed by atoms with Crippen molar-refractivity contribution in [3.8, 4) is 22.5 Å². The summed E-state index contributed by atoms with van der Waals surface area (Å²) < 4.78 is 11.7. The summed E-state index contributed by atoms with van der Waals surface area (Å²) in [7, 11) is 1.37. The smallest absolute Gasteiger partial charge is 0.439 e. The molecule has 2 aromatic heterocycles. The Morgan fingerprint density at radius 1 is 0.976 bits per heavy atom. The van der Waals surface area contributed by atoms with Crippen molar-refractivity contribution in [3.05, 3.63) is 127 Å². The maximum atomic E-state index is 13.2. The standard InChI is InChI=1S/C32H30N4O5/c1-4-9-28-27(30(37)33-20(2)36(28)19-23-10-5-6-12-25(23)31(38)40-3)18-21-14-16-22(17-15-21)24-11-7-8-13-26(24)29-34-32(39)41-35-29/h5-8,10-17H,4,9,18-19H2,1-3H3,(H,34,35,39). The van der Waals surface area contributed by atoms with Gasteiger partial charge in [0.15, 0.2) is 5.82 Å². The molecule has 5 rings (SSSR count). The highest BCUT2D eigenvalue weighted by molar-refractivity contribution is 5.91. The molecular weight excluding hydrogens is 520 g/mol. The molecule has 0 atom stereocenters. The molecule has 0 unspecified atom stereocenters. The molecule has 5 aromatic rings. The number of carbonyl (C=O) groups is 1. The van der Waals surface area contributed by atoms with Crippen molar-refractivity contribution in [2.24, 2.45) is 0 Å². The van der Waals surface area contributed by atoms with Gasteiger partial charge in [0.25, 0.3) is 5.56 Å². The van der Waals surface area contributed by atoms with E-state index in [-0.39, 0.29) is 5.56 Å². The van der Waals surface area contributed by atoms with E-state index in [0.717, 1.165) is 39.9 Å². The van der Waals surface area contributed by atoms with E-state index < -0.39 is 11.7 Å². The van der Waals surface area contributed by atoms with E-state index in [1.165, 1.54) is 7.11 Å². The van der Waals surface area contributed by atoms with Crippen LogP contribution in [-0.2, 0) is 24.1 Å². The van der Waals surface area contributed by atoms with Gasteiger partial charge >= 0.3 is 11.7 Å². The van der Waals surface area contributed by atoms with E-state index in [1.54, 1.807) is 12.1 Å². The molecule has 0 bridgehead atoms. The van der Waals surface area contributed by atoms with Crippen LogP contribution in [0, 0.1) is 6.92 Å². The second kappa shape index (κ2) is 12.0. The minimum absolute atomic E-state index is 0.243. The maximum Gasteiger partial charge on any atom is 0.439 e. The first-order valence-corrected chi connectivity index (χ1v) is 13.4. The molecule has 41 heavy (non-hydrogen) atoms. The molecule has 9 heteroatoms. The Kier molecular flexibility index (Phi) is 8.05. The first-order valence-electron chi connectivity index (χ1n) is 13.4. The topological polar surface area (TPSA) is 120 Å². The van der Waals surface area contributed by atoms with Crippen LogP contribution in [0.25, 0.3) is 22.5 Å². The third kappa shape index (κ3) is 5.79. The van der Waals surface area contributed by atoms with Crippen LogP contribution < -0.4 is 11.3 Å². The molecule has 1 N–H and O–H groups in total. The number of aromatic amines is 1. The Morgan fingerprint density at radius 3 is 2.37 bits per heavy atom. The predicted octanol–water partition coefficient (Wildman–Crippen LogP) is 4.94. The van der Waals surface area contributed by atoms with Crippen molar-refractivity contribution < 1.29 is 14.1 Å². The number of nitrogens with zero attached hydrogens (tertiary/aromatic N) is 3. The van der Waals surface area contributed by atoms with E-state index in [1.807, 2.05) is 72.2 Å². The number of carbonyl (C=O) groups excluding carboxylic acids is 1. The highest BCUT2D eigenvalue weighted by Crippen LogP contribution is 2.30. The normalized spacial score (nSPS) is 11.0. The van der Waals surface area contributed by atoms with Gasteiger partial charge in [-0.15, -0.1) is 0 Å². The van der Waals surface area contributed by atoms with E-state index >= 15 is 0 Å². The van der Waals surface area contributed by atoms with Crippen molar-refractivity contribution in [2.45, 2.75) is 39.7 Å². The molecule has 0 aliphatic rings. The van der Waals surface area contributed by atoms with Crippen LogP contribution in [0.4, 0.5) is 0 Å². The van der Waals surface area contributed by atoms with Gasteiger partial charge in [-0.3, -0.25) is 14.3 Å². The zero-order chi connectivity index (χ0) is 28.9. The van der Waals surface area contributed by atoms with Crippen molar-refractivity contribution in [1.82, 2.24) is 19.7 Å². The maximum absolute atomic E-state index is 13.2. The first kappa shape index (κ1) is 27.5. The van der Waals surface area contributed by atoms with Gasteiger partial charge in [-0.25, -0.2) is 9.59 Å². The SMILES string of the molecule is CCCc1c(Cc2ccc(-c3ccccc3-c3noc(=O)[nH]3)cc2)c(=O)nc(C)n1Cc1ccccc1C(=O)OC. The lowest BCUT2D eigenvalue weighted by Crippen LogP contribution is -2.26. The fourth-order valence-electron chi connectivity index (χ4n) is 5.10. The van der Waals surface area contributed by atoms with Crippen LogP contribution in [0.1, 0.15) is 51.9 Å². The lowest BCUT2D eigenvalue weighted by atomic mass is 9.96. The van der Waals surface area contributed by atoms with Crippen molar-refractivity contribution in [3.63, 3.8) is 0 Å². The Balaban J connectivity index is 1.50. The summed E-state index contributed by atoms with van der Waals surface area (Å²) in [5.41, 5.74) is 6.12. The van der Waals surface area contributed by atoms with E-state index in [9.17, 15) is 14.4 Å². The number of benzene rings is 3. The van der Waals surface area contributed by atoms with E-state index in [0.29, 0.717) is 42.2 Å². The van der Waals surface area contributed by atoms with Crippen LogP contribution in [-0.4, -0.2) is 32.8 Å². The summed E-state index contributed by atoms with van der Waals surface area (Å²) in [6, 6.07) is 22.9. The minimum atomic E-state index is -0.612. The summed E-state index contributed by atoms with van der Waals surface area (Å²) in [6.07, 6.45) is 1.95. The zero-order valence-corrected chi connectivity index (χ0v) is 23.1. The molecule has 0 aliphatic heterocycles. The fourth-order valence-corrected chi connectivity index (χ4v) is 5.10. The summed E-state index contributed by atoms with van der Waals surface area (Å²) in [5.74, 6) is -0.0565. The third-order valence-electron chi connectivity index (χ3n) is 7.09. The fraction of sp³-hybridized carbons (Fsp3) is 0.219. The molecular formula is C32H30N4O5. The van der Waals surface area contributed by atoms with Gasteiger partial charge in [-0.2, -0.15) is 4.98 Å². The predicted molar refractivity (Wildman–Crippen MR) is 155 cm³/mol. The molecule has 0 fully saturated rings. The number of methoxy groups -OCH3 is 1. The average molecular weight is 551 g/mol. The lowest BCUT2D eigenvalue weighted by molar-refractivity contribution is 0.0599. The molecule has 208 valence electrons. The molecule has 0 saturated carbocycles. The second-order valence-corrected chi connectivity index (χ2v) is 9.74. The van der Waals surface area contributed by atoms with Crippen LogP contribution in [0.5, 0.6) is 0 Å². The van der Waals surface area contributed by atoms with E-state index in [4.69, 9.17) is 9.26 Å². The van der Waals surface area contributed by atoms with Crippen molar-refractivity contribution >= 4 is 5.97 Å². The molecule has 0 spiro atoms. The zero-order valence-electron chi connectivity index (χ0n) is 23.1. The number of ether oxygens (including phenoxy) is 1. The van der Waals surface area contributed by atoms with Crippen LogP contribution in [0.3, 0.4) is 0 Å². The van der Waals surface area contributed by atoms with E-state index in [2.05, 4.69) is 22.0 Å². The van der Waals surface area contributed by atoms with Crippen LogP contribution >= 0.6 is 0 Å². The number of esters is 1. The number of nitrogens with one attached hydrogen (secondary N) is 1. The third-order valence-corrected chi connectivity index (χ3v) is 7.09. The molecule has 9 nitrogen and oxygen atoms in total. The molecule has 0 saturated heterocycles. The average Bonchev–Trinajstić information content (AvgIpc) is 3.43. The number of aryl methyl sites for hydroxylation is 1. The Morgan fingerprint density at radius 2 is 1.68 bits per heavy atom. The second-order valence-electron chi connectivity index (χ2n) is 9.74. The largest absolute Gasteiger partial charge is 0.465 e. The Labute approximate surface area is 236 Å². The van der Waals surface area contributed by atoms with Gasteiger partial charge in [0.2, 0.25) is 0 Å². The molecule has 2 heterocycles. The van der Waals surface area contributed by atoms with Crippen molar-refractivity contribution in [1.29, 1.82) is 0 Å². The number of H-pyrrole nitrogens is 1. The van der Waals surface area contributed by atoms with Crippen LogP contribution in [0.2, 0.25) is 0 Å². The summed E-state index contributed by atoms with van der Waals surface area (Å²) >= 11 is 0. The number of hydrogen-bond acceptors (Lipinski definition) is 7. The number of rotatable bonds is 9. The first-order chi connectivity index (χ1) is 19.9. The lowest BCUT2D eigenvalue weighted by Gasteiger charge is -2.20. The van der Waals surface area contributed by atoms with Gasteiger partial charge in [-0.05, 0) is 41.7 Å². The Bertz CT molecular complexity index is 1820. The summed E-state index contributed by atoms with van der Waals surface area (Å²) in [4.78, 5) is 44.1. The number of aromatic nitrogens is 4. The summed E-state index contributed by atoms with van der Waals surface area (Å²) in [5, 5.41) is 3.83. The molecule has 0 amide bonds. The molecule has 0 radical (unpaired) electrons. The quantitative estimate of drug-likeness (QED) is 0.258. The monoisotopic (exact) mass is 550 g/mol. The molecule has 0 aliphatic carbocycles. The molecule has 3 aromatic carbocycles. The van der Waals surface area contributed by atoms with Crippen molar-refractivity contribution in [2.75, 3.05) is 7.11 Å². The van der Waals surface area contributed by atoms with Gasteiger partial charge in [-0.1, -0.05) is 85.2 Å². The number of hydrogen-bond donors (Lipinski definition) is 1. The van der Waals surface area contributed by atoms with Gasteiger partial charge in [0.1, 0.15) is 5.82 Å². The summed E-state index contributed by atoms with van der Waals surface area (Å²) in [6.45, 7) is 4.29. The van der Waals surface area contributed by atoms with Gasteiger partial charge in [0.05, 0.1) is 12.7 Å². The highest BCUT2D eigenvalue weighted by Gasteiger charge is 2.19. The minimum Gasteiger partial charge on any atom is -0.465 e. The Hall–Kier alpha value is -5.05. The van der Waals surface area contributed by atoms with Gasteiger partial charge in [0, 0.05) is 29.8 Å². The van der Waals surface area contributed by atoms with Crippen LogP contribution in [0.15, 0.2) is 86.9 Å².